The standard InChI is InChI=1S/C24H32O3/c1-22(2)21-10-9-19(11-14-25-18-20-7-5-4-6-8-20)17-23(21,3)12-13-24(22)26-15-16-27-24/h4-8,11,14,17,21H,9-10,12-13,15-16,18H2,1-3H3/b14-11-/t21-,23+/m1/s1. The summed E-state index contributed by atoms with van der Waals surface area (Å²) in [6.45, 7) is 9.19. The molecule has 1 aromatic rings. The van der Waals surface area contributed by atoms with Gasteiger partial charge in [0, 0.05) is 11.8 Å². The first-order valence-corrected chi connectivity index (χ1v) is 10.3. The molecule has 0 radical (unpaired) electrons. The van der Waals surface area contributed by atoms with Gasteiger partial charge in [-0.3, -0.25) is 0 Å². The van der Waals surface area contributed by atoms with Gasteiger partial charge >= 0.3 is 0 Å². The van der Waals surface area contributed by atoms with Crippen molar-refractivity contribution in [3.63, 3.8) is 0 Å². The zero-order valence-corrected chi connectivity index (χ0v) is 16.9. The van der Waals surface area contributed by atoms with Crippen molar-refractivity contribution in [2.75, 3.05) is 13.2 Å². The van der Waals surface area contributed by atoms with Gasteiger partial charge in [-0.1, -0.05) is 57.2 Å². The fourth-order valence-corrected chi connectivity index (χ4v) is 5.65. The van der Waals surface area contributed by atoms with E-state index in [9.17, 15) is 0 Å². The second-order valence-electron chi connectivity index (χ2n) is 9.09. The SMILES string of the molecule is CC1(C)[C@H]2CCC(/C=C\OCc3ccccc3)=C[C@]2(C)CCC12OCCO2. The molecule has 3 nitrogen and oxygen atoms in total. The average molecular weight is 369 g/mol. The first-order valence-electron chi connectivity index (χ1n) is 10.3. The minimum atomic E-state index is -0.378. The summed E-state index contributed by atoms with van der Waals surface area (Å²) in [5.41, 5.74) is 2.80. The summed E-state index contributed by atoms with van der Waals surface area (Å²) >= 11 is 0. The lowest BCUT2D eigenvalue weighted by Gasteiger charge is -2.58. The van der Waals surface area contributed by atoms with Crippen molar-refractivity contribution in [2.45, 2.75) is 58.8 Å². The summed E-state index contributed by atoms with van der Waals surface area (Å²) in [6, 6.07) is 10.3. The highest BCUT2D eigenvalue weighted by Crippen LogP contribution is 2.62. The van der Waals surface area contributed by atoms with Crippen LogP contribution in [0.3, 0.4) is 0 Å². The Labute approximate surface area is 163 Å². The first kappa shape index (κ1) is 18.8. The molecule has 3 heteroatoms. The van der Waals surface area contributed by atoms with Gasteiger partial charge in [0.05, 0.1) is 19.5 Å². The molecule has 0 amide bonds. The van der Waals surface area contributed by atoms with E-state index in [-0.39, 0.29) is 16.6 Å². The Balaban J connectivity index is 1.44. The Morgan fingerprint density at radius 3 is 2.56 bits per heavy atom. The number of hydrogen-bond donors (Lipinski definition) is 0. The van der Waals surface area contributed by atoms with Crippen LogP contribution in [0.15, 0.2) is 54.3 Å². The first-order chi connectivity index (χ1) is 13.0. The zero-order valence-electron chi connectivity index (χ0n) is 16.9. The summed E-state index contributed by atoms with van der Waals surface area (Å²) in [5, 5.41) is 0. The van der Waals surface area contributed by atoms with Gasteiger partial charge in [0.1, 0.15) is 6.61 Å². The van der Waals surface area contributed by atoms with Crippen LogP contribution in [0.5, 0.6) is 0 Å². The third kappa shape index (κ3) is 3.36. The van der Waals surface area contributed by atoms with Gasteiger partial charge in [-0.05, 0) is 47.8 Å². The van der Waals surface area contributed by atoms with Gasteiger partial charge in [0.15, 0.2) is 5.79 Å². The molecule has 0 aromatic heterocycles. The number of ether oxygens (including phenoxy) is 3. The highest BCUT2D eigenvalue weighted by atomic mass is 16.7. The molecular formula is C24H32O3. The number of allylic oxidation sites excluding steroid dienone is 3. The summed E-state index contributed by atoms with van der Waals surface area (Å²) in [4.78, 5) is 0. The summed E-state index contributed by atoms with van der Waals surface area (Å²) in [7, 11) is 0. The Morgan fingerprint density at radius 1 is 1.07 bits per heavy atom. The van der Waals surface area contributed by atoms with E-state index in [1.807, 2.05) is 24.5 Å². The lowest BCUT2D eigenvalue weighted by atomic mass is 9.50. The number of rotatable bonds is 4. The van der Waals surface area contributed by atoms with Gasteiger partial charge in [0.25, 0.3) is 0 Å². The maximum Gasteiger partial charge on any atom is 0.173 e. The quantitative estimate of drug-likeness (QED) is 0.645. The normalized spacial score (nSPS) is 31.7. The lowest BCUT2D eigenvalue weighted by molar-refractivity contribution is -0.279. The molecule has 2 atom stereocenters. The van der Waals surface area contributed by atoms with Crippen LogP contribution in [0, 0.1) is 16.7 Å². The lowest BCUT2D eigenvalue weighted by Crippen LogP contribution is -2.58. The molecule has 1 aliphatic heterocycles. The van der Waals surface area contributed by atoms with Crippen molar-refractivity contribution in [3.05, 3.63) is 59.9 Å². The van der Waals surface area contributed by atoms with Gasteiger partial charge in [-0.2, -0.15) is 0 Å². The van der Waals surface area contributed by atoms with E-state index in [2.05, 4.69) is 45.1 Å². The minimum absolute atomic E-state index is 0.0199. The minimum Gasteiger partial charge on any atom is -0.497 e. The van der Waals surface area contributed by atoms with Crippen LogP contribution in [0.2, 0.25) is 0 Å². The van der Waals surface area contributed by atoms with E-state index < -0.39 is 0 Å². The topological polar surface area (TPSA) is 27.7 Å². The van der Waals surface area contributed by atoms with Crippen molar-refractivity contribution in [1.82, 2.24) is 0 Å². The molecule has 1 aromatic carbocycles. The molecule has 27 heavy (non-hydrogen) atoms. The largest absolute Gasteiger partial charge is 0.497 e. The van der Waals surface area contributed by atoms with Crippen molar-refractivity contribution in [2.24, 2.45) is 16.7 Å². The summed E-state index contributed by atoms with van der Waals surface area (Å²) < 4.78 is 18.1. The molecule has 0 bridgehead atoms. The Morgan fingerprint density at radius 2 is 1.81 bits per heavy atom. The van der Waals surface area contributed by atoms with E-state index >= 15 is 0 Å². The van der Waals surface area contributed by atoms with Crippen molar-refractivity contribution in [1.29, 1.82) is 0 Å². The van der Waals surface area contributed by atoms with E-state index in [1.165, 1.54) is 17.6 Å². The molecule has 4 rings (SSSR count). The van der Waals surface area contributed by atoms with Gasteiger partial charge in [-0.25, -0.2) is 0 Å². The van der Waals surface area contributed by atoms with Crippen LogP contribution in [0.25, 0.3) is 0 Å². The molecule has 1 heterocycles. The molecule has 2 fully saturated rings. The summed E-state index contributed by atoms with van der Waals surface area (Å²) in [5.74, 6) is 0.191. The van der Waals surface area contributed by atoms with Crippen LogP contribution in [-0.2, 0) is 20.8 Å². The second kappa shape index (κ2) is 7.10. The smallest absolute Gasteiger partial charge is 0.173 e. The van der Waals surface area contributed by atoms with Crippen molar-refractivity contribution in [3.8, 4) is 0 Å². The third-order valence-electron chi connectivity index (χ3n) is 7.10. The van der Waals surface area contributed by atoms with Crippen LogP contribution < -0.4 is 0 Å². The molecule has 2 aliphatic carbocycles. The van der Waals surface area contributed by atoms with Gasteiger partial charge in [0.2, 0.25) is 0 Å². The average Bonchev–Trinajstić information content (AvgIpc) is 3.14. The molecule has 0 N–H and O–H groups in total. The van der Waals surface area contributed by atoms with Crippen LogP contribution in [0.1, 0.15) is 52.0 Å². The molecule has 1 spiro atoms. The zero-order chi connectivity index (χ0) is 19.0. The maximum absolute atomic E-state index is 6.16. The van der Waals surface area contributed by atoms with Crippen molar-refractivity contribution < 1.29 is 14.2 Å². The third-order valence-corrected chi connectivity index (χ3v) is 7.10. The molecule has 3 aliphatic rings. The molecule has 0 unspecified atom stereocenters. The van der Waals surface area contributed by atoms with Crippen LogP contribution in [0.4, 0.5) is 0 Å². The number of fused-ring (bicyclic) bond motifs is 1. The molecular weight excluding hydrogens is 336 g/mol. The second-order valence-corrected chi connectivity index (χ2v) is 9.09. The molecule has 1 saturated carbocycles. The fraction of sp³-hybridized carbons (Fsp3) is 0.583. The predicted molar refractivity (Wildman–Crippen MR) is 107 cm³/mol. The van der Waals surface area contributed by atoms with E-state index in [0.29, 0.717) is 12.5 Å². The van der Waals surface area contributed by atoms with E-state index in [1.54, 1.807) is 0 Å². The van der Waals surface area contributed by atoms with Crippen LogP contribution in [-0.4, -0.2) is 19.0 Å². The maximum atomic E-state index is 6.16. The highest BCUT2D eigenvalue weighted by Gasteiger charge is 2.61. The van der Waals surface area contributed by atoms with Crippen molar-refractivity contribution >= 4 is 0 Å². The Kier molecular flexibility index (Phi) is 4.94. The van der Waals surface area contributed by atoms with E-state index in [0.717, 1.165) is 32.5 Å². The van der Waals surface area contributed by atoms with Gasteiger partial charge < -0.3 is 14.2 Å². The van der Waals surface area contributed by atoms with Crippen LogP contribution >= 0.6 is 0 Å². The fourth-order valence-electron chi connectivity index (χ4n) is 5.65. The number of benzene rings is 1. The number of hydrogen-bond acceptors (Lipinski definition) is 3. The summed E-state index contributed by atoms with van der Waals surface area (Å²) in [6.07, 6.45) is 10.9. The Bertz CT molecular complexity index is 712. The predicted octanol–water partition coefficient (Wildman–Crippen LogP) is 5.62. The molecule has 146 valence electrons. The van der Waals surface area contributed by atoms with E-state index in [4.69, 9.17) is 14.2 Å². The Hall–Kier alpha value is -1.58. The van der Waals surface area contributed by atoms with Gasteiger partial charge in [-0.15, -0.1) is 0 Å². The molecule has 1 saturated heterocycles. The monoisotopic (exact) mass is 368 g/mol. The highest BCUT2D eigenvalue weighted by molar-refractivity contribution is 5.27.